The average Bonchev–Trinajstić information content (AvgIpc) is 2.90. The Kier molecular flexibility index (Phi) is 4.41. The highest BCUT2D eigenvalue weighted by Crippen LogP contribution is 2.22. The molecule has 0 saturated carbocycles. The molecule has 0 radical (unpaired) electrons. The summed E-state index contributed by atoms with van der Waals surface area (Å²) in [7, 11) is 0. The molecule has 3 aromatic rings. The number of nitrogens with zero attached hydrogens (tertiary/aromatic N) is 3. The van der Waals surface area contributed by atoms with Crippen LogP contribution in [0.5, 0.6) is 0 Å². The molecule has 2 N–H and O–H groups in total. The van der Waals surface area contributed by atoms with E-state index < -0.39 is 0 Å². The van der Waals surface area contributed by atoms with E-state index in [1.54, 1.807) is 6.20 Å². The molecule has 0 aliphatic heterocycles. The normalized spacial score (nSPS) is 12.7. The molecule has 0 spiro atoms. The van der Waals surface area contributed by atoms with Gasteiger partial charge in [-0.2, -0.15) is 0 Å². The monoisotopic (exact) mass is 314 g/mol. The number of pyridine rings is 1. The highest BCUT2D eigenvalue weighted by Gasteiger charge is 2.16. The number of aryl methyl sites for hydroxylation is 2. The third kappa shape index (κ3) is 2.98. The summed E-state index contributed by atoms with van der Waals surface area (Å²) in [6.45, 7) is 2.64. The Hall–Kier alpha value is -1.91. The molecular weight excluding hydrogens is 296 g/mol. The number of imidazole rings is 1. The number of rotatable bonds is 5. The molecule has 0 amide bonds. The molecule has 1 aromatic carbocycles. The molecule has 0 aliphatic carbocycles. The number of hydrogen-bond acceptors (Lipinski definition) is 3. The van der Waals surface area contributed by atoms with E-state index in [1.165, 1.54) is 5.56 Å². The maximum Gasteiger partial charge on any atom is 0.160 e. The van der Waals surface area contributed by atoms with Crippen molar-refractivity contribution in [2.75, 3.05) is 6.54 Å². The van der Waals surface area contributed by atoms with Gasteiger partial charge in [-0.25, -0.2) is 9.97 Å². The van der Waals surface area contributed by atoms with Gasteiger partial charge in [0.2, 0.25) is 0 Å². The van der Waals surface area contributed by atoms with Crippen LogP contribution in [0.25, 0.3) is 11.2 Å². The summed E-state index contributed by atoms with van der Waals surface area (Å²) < 4.78 is 2.13. The largest absolute Gasteiger partial charge is 0.328 e. The van der Waals surface area contributed by atoms with Crippen LogP contribution in [0.15, 0.2) is 42.6 Å². The molecule has 22 heavy (non-hydrogen) atoms. The average molecular weight is 315 g/mol. The summed E-state index contributed by atoms with van der Waals surface area (Å²) >= 11 is 6.03. The molecule has 114 valence electrons. The molecule has 2 heterocycles. The van der Waals surface area contributed by atoms with Crippen LogP contribution in [0.4, 0.5) is 0 Å². The van der Waals surface area contributed by atoms with Crippen molar-refractivity contribution in [3.63, 3.8) is 0 Å². The Morgan fingerprint density at radius 3 is 2.73 bits per heavy atom. The summed E-state index contributed by atoms with van der Waals surface area (Å²) in [6, 6.07) is 12.4. The van der Waals surface area contributed by atoms with E-state index in [0.717, 1.165) is 29.8 Å². The SMILES string of the molecule is CC(CN)n1c(CCc2ccccc2)nc2cc(Cl)cnc21. The molecule has 0 saturated heterocycles. The summed E-state index contributed by atoms with van der Waals surface area (Å²) in [5, 5.41) is 0.604. The minimum absolute atomic E-state index is 0.157. The van der Waals surface area contributed by atoms with E-state index in [4.69, 9.17) is 22.3 Å². The van der Waals surface area contributed by atoms with Crippen LogP contribution in [0.2, 0.25) is 5.02 Å². The number of nitrogens with two attached hydrogens (primary N) is 1. The topological polar surface area (TPSA) is 56.7 Å². The van der Waals surface area contributed by atoms with Crippen LogP contribution in [0.3, 0.4) is 0 Å². The second kappa shape index (κ2) is 6.46. The van der Waals surface area contributed by atoms with Gasteiger partial charge in [-0.15, -0.1) is 0 Å². The Labute approximate surface area is 134 Å². The van der Waals surface area contributed by atoms with Gasteiger partial charge in [0.1, 0.15) is 11.3 Å². The van der Waals surface area contributed by atoms with Crippen LogP contribution in [0, 0.1) is 0 Å². The maximum atomic E-state index is 6.03. The fourth-order valence-electron chi connectivity index (χ4n) is 2.65. The third-order valence-corrected chi connectivity index (χ3v) is 4.04. The lowest BCUT2D eigenvalue weighted by Crippen LogP contribution is -2.19. The van der Waals surface area contributed by atoms with E-state index in [-0.39, 0.29) is 6.04 Å². The zero-order valence-electron chi connectivity index (χ0n) is 12.5. The number of fused-ring (bicyclic) bond motifs is 1. The van der Waals surface area contributed by atoms with E-state index >= 15 is 0 Å². The van der Waals surface area contributed by atoms with Crippen LogP contribution in [-0.2, 0) is 12.8 Å². The molecule has 1 unspecified atom stereocenters. The lowest BCUT2D eigenvalue weighted by Gasteiger charge is -2.15. The van der Waals surface area contributed by atoms with Gasteiger partial charge in [-0.1, -0.05) is 41.9 Å². The van der Waals surface area contributed by atoms with E-state index in [0.29, 0.717) is 11.6 Å². The first kappa shape index (κ1) is 15.0. The van der Waals surface area contributed by atoms with Crippen LogP contribution >= 0.6 is 11.6 Å². The first-order valence-electron chi connectivity index (χ1n) is 7.45. The summed E-state index contributed by atoms with van der Waals surface area (Å²) in [6.07, 6.45) is 3.45. The van der Waals surface area contributed by atoms with Gasteiger partial charge in [0.25, 0.3) is 0 Å². The molecule has 3 rings (SSSR count). The fourth-order valence-corrected chi connectivity index (χ4v) is 2.80. The van der Waals surface area contributed by atoms with E-state index in [2.05, 4.69) is 40.7 Å². The van der Waals surface area contributed by atoms with Crippen molar-refractivity contribution in [3.8, 4) is 0 Å². The minimum Gasteiger partial charge on any atom is -0.328 e. The van der Waals surface area contributed by atoms with Crippen molar-refractivity contribution in [2.24, 2.45) is 5.73 Å². The predicted molar refractivity (Wildman–Crippen MR) is 90.2 cm³/mol. The quantitative estimate of drug-likeness (QED) is 0.785. The zero-order valence-corrected chi connectivity index (χ0v) is 13.3. The van der Waals surface area contributed by atoms with Crippen molar-refractivity contribution in [1.29, 1.82) is 0 Å². The van der Waals surface area contributed by atoms with Crippen LogP contribution in [0.1, 0.15) is 24.4 Å². The predicted octanol–water partition coefficient (Wildman–Crippen LogP) is 3.39. The summed E-state index contributed by atoms with van der Waals surface area (Å²) in [5.41, 5.74) is 8.84. The minimum atomic E-state index is 0.157. The number of benzene rings is 1. The molecule has 2 aromatic heterocycles. The van der Waals surface area contributed by atoms with Crippen molar-refractivity contribution in [1.82, 2.24) is 14.5 Å². The maximum absolute atomic E-state index is 6.03. The van der Waals surface area contributed by atoms with Gasteiger partial charge in [-0.3, -0.25) is 0 Å². The second-order valence-corrected chi connectivity index (χ2v) is 5.90. The van der Waals surface area contributed by atoms with Gasteiger partial charge in [0.15, 0.2) is 5.65 Å². The molecule has 0 fully saturated rings. The Morgan fingerprint density at radius 2 is 2.00 bits per heavy atom. The van der Waals surface area contributed by atoms with Gasteiger partial charge in [0.05, 0.1) is 5.02 Å². The Balaban J connectivity index is 1.96. The molecule has 0 bridgehead atoms. The Morgan fingerprint density at radius 1 is 1.23 bits per heavy atom. The van der Waals surface area contributed by atoms with Gasteiger partial charge in [0, 0.05) is 25.2 Å². The molecule has 0 aliphatic rings. The second-order valence-electron chi connectivity index (χ2n) is 5.46. The van der Waals surface area contributed by atoms with Crippen molar-refractivity contribution < 1.29 is 0 Å². The van der Waals surface area contributed by atoms with Gasteiger partial charge >= 0.3 is 0 Å². The van der Waals surface area contributed by atoms with Crippen LogP contribution in [-0.4, -0.2) is 21.1 Å². The fraction of sp³-hybridized carbons (Fsp3) is 0.294. The smallest absolute Gasteiger partial charge is 0.160 e. The number of aromatic nitrogens is 3. The summed E-state index contributed by atoms with van der Waals surface area (Å²) in [4.78, 5) is 9.16. The highest BCUT2D eigenvalue weighted by molar-refractivity contribution is 6.31. The van der Waals surface area contributed by atoms with E-state index in [1.807, 2.05) is 12.1 Å². The zero-order chi connectivity index (χ0) is 15.5. The third-order valence-electron chi connectivity index (χ3n) is 3.83. The van der Waals surface area contributed by atoms with Crippen molar-refractivity contribution in [3.05, 3.63) is 59.0 Å². The first-order valence-corrected chi connectivity index (χ1v) is 7.83. The van der Waals surface area contributed by atoms with Crippen molar-refractivity contribution >= 4 is 22.8 Å². The molecule has 4 nitrogen and oxygen atoms in total. The molecule has 1 atom stereocenters. The Bertz CT molecular complexity index is 767. The van der Waals surface area contributed by atoms with Gasteiger partial charge in [-0.05, 0) is 25.0 Å². The number of hydrogen-bond donors (Lipinski definition) is 1. The van der Waals surface area contributed by atoms with Crippen molar-refractivity contribution in [2.45, 2.75) is 25.8 Å². The molecular formula is C17H19ClN4. The van der Waals surface area contributed by atoms with E-state index in [9.17, 15) is 0 Å². The lowest BCUT2D eigenvalue weighted by atomic mass is 10.1. The molecule has 5 heteroatoms. The lowest BCUT2D eigenvalue weighted by molar-refractivity contribution is 0.542. The highest BCUT2D eigenvalue weighted by atomic mass is 35.5. The standard InChI is InChI=1S/C17H19ClN4/c1-12(10-19)22-16(8-7-13-5-3-2-4-6-13)21-15-9-14(18)11-20-17(15)22/h2-6,9,11-12H,7-8,10,19H2,1H3. The summed E-state index contributed by atoms with van der Waals surface area (Å²) in [5.74, 6) is 1.01. The number of halogens is 1. The van der Waals surface area contributed by atoms with Crippen LogP contribution < -0.4 is 5.73 Å². The first-order chi connectivity index (χ1) is 10.7. The van der Waals surface area contributed by atoms with Gasteiger partial charge < -0.3 is 10.3 Å².